The van der Waals surface area contributed by atoms with E-state index in [0.29, 0.717) is 12.1 Å². The number of carbonyl (C=O) groups excluding carboxylic acids is 1. The normalized spacial score (nSPS) is 14.7. The third-order valence-electron chi connectivity index (χ3n) is 3.01. The Labute approximate surface area is 161 Å². The molecule has 1 aromatic rings. The fourth-order valence-corrected chi connectivity index (χ4v) is 2.64. The first-order valence-corrected chi connectivity index (χ1v) is 8.51. The van der Waals surface area contributed by atoms with Crippen LogP contribution < -0.4 is 10.1 Å². The van der Waals surface area contributed by atoms with E-state index in [4.69, 9.17) is 20.9 Å². The summed E-state index contributed by atoms with van der Waals surface area (Å²) in [6, 6.07) is -0.636. The molecule has 1 amide bonds. The van der Waals surface area contributed by atoms with E-state index in [1.165, 1.54) is 5.32 Å². The molecule has 0 aliphatic carbocycles. The van der Waals surface area contributed by atoms with Gasteiger partial charge in [0.05, 0.1) is 16.6 Å². The van der Waals surface area contributed by atoms with Crippen LogP contribution >= 0.6 is 11.6 Å². The minimum atomic E-state index is -5.20. The Morgan fingerprint density at radius 2 is 1.89 bits per heavy atom. The largest absolute Gasteiger partial charge is 0.489 e. The number of halogens is 8. The number of carbonyl (C=O) groups is 1. The lowest BCUT2D eigenvalue weighted by molar-refractivity contribution is -0.222. The maximum Gasteiger partial charge on any atom is 0.473 e. The Hall–Kier alpha value is -1.64. The minimum Gasteiger partial charge on any atom is -0.489 e. The van der Waals surface area contributed by atoms with E-state index in [9.17, 15) is 39.7 Å². The lowest BCUT2D eigenvalue weighted by Crippen LogP contribution is -2.47. The van der Waals surface area contributed by atoms with Crippen molar-refractivity contribution in [3.8, 4) is 5.75 Å². The van der Waals surface area contributed by atoms with Crippen molar-refractivity contribution in [2.45, 2.75) is 25.4 Å². The number of ether oxygens (including phenoxy) is 1. The number of rotatable bonds is 7. The Balaban J connectivity index is 2.97. The zero-order valence-electron chi connectivity index (χ0n) is 13.7. The van der Waals surface area contributed by atoms with Gasteiger partial charge in [0.1, 0.15) is 13.2 Å². The van der Waals surface area contributed by atoms with Crippen LogP contribution in [0.4, 0.5) is 30.7 Å². The van der Waals surface area contributed by atoms with Gasteiger partial charge in [-0.1, -0.05) is 11.6 Å². The summed E-state index contributed by atoms with van der Waals surface area (Å²) in [5, 5.41) is 0.924. The molecule has 1 rings (SSSR count). The van der Waals surface area contributed by atoms with E-state index in [1.807, 2.05) is 0 Å². The van der Waals surface area contributed by atoms with Crippen molar-refractivity contribution in [1.82, 2.24) is 9.62 Å². The Bertz CT molecular complexity index is 745. The third kappa shape index (κ3) is 7.07. The number of amides is 1. The summed E-state index contributed by atoms with van der Waals surface area (Å²) in [4.78, 5) is 11.7. The number of hydrogen-bond acceptors (Lipinski definition) is 3. The van der Waals surface area contributed by atoms with Gasteiger partial charge in [0.15, 0.2) is 11.6 Å². The molecule has 2 N–H and O–H groups in total. The summed E-state index contributed by atoms with van der Waals surface area (Å²) in [7, 11) is 0. The van der Waals surface area contributed by atoms with Gasteiger partial charge in [-0.25, -0.2) is 8.60 Å². The minimum absolute atomic E-state index is 0.524. The fraction of sp³-hybridized carbons (Fsp3) is 0.462. The van der Waals surface area contributed by atoms with Crippen molar-refractivity contribution < 1.29 is 49.0 Å². The van der Waals surface area contributed by atoms with Gasteiger partial charge in [-0.05, 0) is 19.1 Å². The molecule has 1 unspecified atom stereocenters. The zero-order chi connectivity index (χ0) is 21.9. The van der Waals surface area contributed by atoms with Crippen LogP contribution in [-0.4, -0.2) is 50.6 Å². The first-order valence-electron chi connectivity index (χ1n) is 7.07. The van der Waals surface area contributed by atoms with Gasteiger partial charge in [-0.15, -0.1) is 4.31 Å². The van der Waals surface area contributed by atoms with E-state index < -0.39 is 75.3 Å². The van der Waals surface area contributed by atoms with Crippen LogP contribution in [0.3, 0.4) is 0 Å². The third-order valence-corrected chi connectivity index (χ3v) is 4.23. The van der Waals surface area contributed by atoms with Gasteiger partial charge in [-0.3, -0.25) is 9.35 Å². The highest BCUT2D eigenvalue weighted by Crippen LogP contribution is 2.28. The molecule has 0 aromatic heterocycles. The van der Waals surface area contributed by atoms with Crippen LogP contribution in [0.15, 0.2) is 12.1 Å². The SMILES string of the molecule is C[C@H](COc1cc(C(=O)NCC(F)(F)F)c(Cl)cc1F)N(S(=O)O)C(F)(F)F. The van der Waals surface area contributed by atoms with Crippen molar-refractivity contribution in [3.05, 3.63) is 28.5 Å². The smallest absolute Gasteiger partial charge is 0.473 e. The highest BCUT2D eigenvalue weighted by Gasteiger charge is 2.45. The summed E-state index contributed by atoms with van der Waals surface area (Å²) in [5.41, 5.74) is -0.617. The van der Waals surface area contributed by atoms with Gasteiger partial charge in [0.2, 0.25) is 11.3 Å². The van der Waals surface area contributed by atoms with Gasteiger partial charge in [0, 0.05) is 0 Å². The summed E-state index contributed by atoms with van der Waals surface area (Å²) in [6.45, 7) is -1.80. The number of benzene rings is 1. The molecule has 0 aliphatic rings. The Morgan fingerprint density at radius 1 is 1.32 bits per heavy atom. The molecular formula is C13H12ClF7N2O4S. The molecule has 15 heteroatoms. The fourth-order valence-electron chi connectivity index (χ4n) is 1.86. The quantitative estimate of drug-likeness (QED) is 0.371. The van der Waals surface area contributed by atoms with Crippen LogP contribution in [0.25, 0.3) is 0 Å². The average Bonchev–Trinajstić information content (AvgIpc) is 2.49. The standard InChI is InChI=1S/C13H12ClF7N2O4S/c1-6(23(28(25)26)13(19,20)21)4-27-10-2-7(8(14)3-9(10)15)11(24)22-5-12(16,17)18/h2-3,6H,4-5H2,1H3,(H,22,24)(H,25,26)/t6-/m1/s1. The molecule has 0 spiro atoms. The lowest BCUT2D eigenvalue weighted by Gasteiger charge is -2.26. The number of hydrogen-bond donors (Lipinski definition) is 2. The zero-order valence-corrected chi connectivity index (χ0v) is 15.3. The lowest BCUT2D eigenvalue weighted by atomic mass is 10.2. The van der Waals surface area contributed by atoms with Crippen molar-refractivity contribution in [2.75, 3.05) is 13.2 Å². The molecule has 0 aliphatic heterocycles. The second-order valence-corrected chi connectivity index (χ2v) is 6.51. The molecule has 0 bridgehead atoms. The van der Waals surface area contributed by atoms with E-state index in [0.717, 1.165) is 6.92 Å². The maximum absolute atomic E-state index is 13.8. The summed E-state index contributed by atoms with van der Waals surface area (Å²) in [6.07, 6.45) is -9.93. The number of nitrogens with one attached hydrogen (secondary N) is 1. The predicted octanol–water partition coefficient (Wildman–Crippen LogP) is 3.50. The highest BCUT2D eigenvalue weighted by atomic mass is 35.5. The predicted molar refractivity (Wildman–Crippen MR) is 83.4 cm³/mol. The molecular weight excluding hydrogens is 449 g/mol. The van der Waals surface area contributed by atoms with Crippen LogP contribution in [0, 0.1) is 5.82 Å². The van der Waals surface area contributed by atoms with Crippen LogP contribution in [0.2, 0.25) is 5.02 Å². The molecule has 0 saturated heterocycles. The molecule has 160 valence electrons. The van der Waals surface area contributed by atoms with Crippen LogP contribution in [0.1, 0.15) is 17.3 Å². The molecule has 0 fully saturated rings. The summed E-state index contributed by atoms with van der Waals surface area (Å²) >= 11 is 2.14. The second kappa shape index (κ2) is 9.24. The van der Waals surface area contributed by atoms with Crippen molar-refractivity contribution in [1.29, 1.82) is 0 Å². The van der Waals surface area contributed by atoms with Crippen LogP contribution in [-0.2, 0) is 11.3 Å². The monoisotopic (exact) mass is 460 g/mol. The number of nitrogens with zero attached hydrogens (tertiary/aromatic N) is 1. The van der Waals surface area contributed by atoms with Crippen LogP contribution in [0.5, 0.6) is 5.75 Å². The average molecular weight is 461 g/mol. The molecule has 0 radical (unpaired) electrons. The molecule has 6 nitrogen and oxygen atoms in total. The molecule has 0 heterocycles. The van der Waals surface area contributed by atoms with Gasteiger partial charge in [0.25, 0.3) is 5.91 Å². The molecule has 0 saturated carbocycles. The first-order chi connectivity index (χ1) is 12.6. The van der Waals surface area contributed by atoms with E-state index in [2.05, 4.69) is 0 Å². The Kier molecular flexibility index (Phi) is 8.05. The Morgan fingerprint density at radius 3 is 2.36 bits per heavy atom. The second-order valence-electron chi connectivity index (χ2n) is 5.24. The van der Waals surface area contributed by atoms with Gasteiger partial charge < -0.3 is 10.1 Å². The molecule has 2 atom stereocenters. The van der Waals surface area contributed by atoms with E-state index in [1.54, 1.807) is 0 Å². The number of alkyl halides is 6. The van der Waals surface area contributed by atoms with E-state index in [-0.39, 0.29) is 0 Å². The molecule has 28 heavy (non-hydrogen) atoms. The maximum atomic E-state index is 13.8. The van der Waals surface area contributed by atoms with Gasteiger partial charge in [-0.2, -0.15) is 26.3 Å². The van der Waals surface area contributed by atoms with Crippen molar-refractivity contribution >= 4 is 28.8 Å². The molecule has 1 aromatic carbocycles. The topological polar surface area (TPSA) is 78.9 Å². The van der Waals surface area contributed by atoms with Crippen molar-refractivity contribution in [3.63, 3.8) is 0 Å². The van der Waals surface area contributed by atoms with Crippen molar-refractivity contribution in [2.24, 2.45) is 0 Å². The first kappa shape index (κ1) is 24.4. The van der Waals surface area contributed by atoms with Gasteiger partial charge >= 0.3 is 12.5 Å². The highest BCUT2D eigenvalue weighted by molar-refractivity contribution is 7.76. The van der Waals surface area contributed by atoms with E-state index >= 15 is 0 Å². The summed E-state index contributed by atoms with van der Waals surface area (Å²) in [5.74, 6) is -3.33. The summed E-state index contributed by atoms with van der Waals surface area (Å²) < 4.78 is 112.